The Balaban J connectivity index is 2.39. The van der Waals surface area contributed by atoms with Crippen LogP contribution in [0.25, 0.3) is 0 Å². The Bertz CT molecular complexity index is 376. The summed E-state index contributed by atoms with van der Waals surface area (Å²) in [6.07, 6.45) is 4.33. The van der Waals surface area contributed by atoms with Crippen molar-refractivity contribution in [3.8, 4) is 0 Å². The van der Waals surface area contributed by atoms with Gasteiger partial charge in [-0.15, -0.1) is 0 Å². The van der Waals surface area contributed by atoms with E-state index in [9.17, 15) is 4.79 Å². The predicted octanol–water partition coefficient (Wildman–Crippen LogP) is 1.86. The summed E-state index contributed by atoms with van der Waals surface area (Å²) in [7, 11) is 4.00. The molecule has 0 radical (unpaired) electrons. The molecule has 0 bridgehead atoms. The zero-order valence-electron chi connectivity index (χ0n) is 11.5. The number of aromatic nitrogens is 2. The highest BCUT2D eigenvalue weighted by atomic mass is 16.1. The number of rotatable bonds is 5. The van der Waals surface area contributed by atoms with Crippen LogP contribution in [-0.4, -0.2) is 33.8 Å². The number of carbonyl (C=O) groups excluding carboxylic acids is 1. The molecule has 0 amide bonds. The van der Waals surface area contributed by atoms with Crippen molar-refractivity contribution in [2.45, 2.75) is 33.7 Å². The van der Waals surface area contributed by atoms with Crippen molar-refractivity contribution in [3.05, 3.63) is 18.2 Å². The highest BCUT2D eigenvalue weighted by molar-refractivity contribution is 5.83. The fourth-order valence-electron chi connectivity index (χ4n) is 1.54. The van der Waals surface area contributed by atoms with E-state index >= 15 is 0 Å². The lowest BCUT2D eigenvalue weighted by Crippen LogP contribution is -2.27. The van der Waals surface area contributed by atoms with Gasteiger partial charge in [0.25, 0.3) is 0 Å². The molecule has 4 nitrogen and oxygen atoms in total. The van der Waals surface area contributed by atoms with Gasteiger partial charge >= 0.3 is 0 Å². The van der Waals surface area contributed by atoms with E-state index in [0.29, 0.717) is 12.2 Å². The first kappa shape index (κ1) is 13.9. The van der Waals surface area contributed by atoms with Gasteiger partial charge in [0, 0.05) is 37.8 Å². The van der Waals surface area contributed by atoms with Crippen molar-refractivity contribution in [2.75, 3.05) is 13.6 Å². The molecule has 0 fully saturated rings. The molecule has 0 aromatic carbocycles. The van der Waals surface area contributed by atoms with E-state index in [1.807, 2.05) is 45.6 Å². The van der Waals surface area contributed by atoms with E-state index in [-0.39, 0.29) is 5.41 Å². The number of carbonyl (C=O) groups is 1. The molecule has 0 unspecified atom stereocenters. The second kappa shape index (κ2) is 5.45. The second-order valence-corrected chi connectivity index (χ2v) is 5.62. The SMILES string of the molecule is CN(CCC(=O)C(C)(C)C)Cc1nccn1C. The Morgan fingerprint density at radius 2 is 2.12 bits per heavy atom. The number of imidazole rings is 1. The van der Waals surface area contributed by atoms with Crippen molar-refractivity contribution < 1.29 is 4.79 Å². The molecule has 1 rings (SSSR count). The minimum atomic E-state index is -0.232. The molecule has 1 heterocycles. The summed E-state index contributed by atoms with van der Waals surface area (Å²) >= 11 is 0. The van der Waals surface area contributed by atoms with E-state index in [0.717, 1.165) is 18.9 Å². The lowest BCUT2D eigenvalue weighted by molar-refractivity contribution is -0.126. The fraction of sp³-hybridized carbons (Fsp3) is 0.692. The summed E-state index contributed by atoms with van der Waals surface area (Å²) in [5.74, 6) is 1.33. The van der Waals surface area contributed by atoms with Crippen LogP contribution in [0.4, 0.5) is 0 Å². The molecule has 1 aromatic rings. The van der Waals surface area contributed by atoms with Crippen LogP contribution in [0.2, 0.25) is 0 Å². The Kier molecular flexibility index (Phi) is 4.46. The minimum Gasteiger partial charge on any atom is -0.337 e. The molecule has 0 N–H and O–H groups in total. The third kappa shape index (κ3) is 4.30. The molecule has 96 valence electrons. The molecular weight excluding hydrogens is 214 g/mol. The molecule has 0 spiro atoms. The van der Waals surface area contributed by atoms with Gasteiger partial charge in [0.2, 0.25) is 0 Å². The van der Waals surface area contributed by atoms with Gasteiger partial charge in [-0.3, -0.25) is 9.69 Å². The maximum absolute atomic E-state index is 11.8. The Hall–Kier alpha value is -1.16. The van der Waals surface area contributed by atoms with Crippen molar-refractivity contribution in [2.24, 2.45) is 12.5 Å². The van der Waals surface area contributed by atoms with Gasteiger partial charge in [-0.05, 0) is 7.05 Å². The van der Waals surface area contributed by atoms with Crippen LogP contribution >= 0.6 is 0 Å². The van der Waals surface area contributed by atoms with Gasteiger partial charge in [0.05, 0.1) is 6.54 Å². The van der Waals surface area contributed by atoms with Crippen molar-refractivity contribution >= 4 is 5.78 Å². The first-order chi connectivity index (χ1) is 7.80. The van der Waals surface area contributed by atoms with Gasteiger partial charge < -0.3 is 4.57 Å². The largest absolute Gasteiger partial charge is 0.337 e. The van der Waals surface area contributed by atoms with E-state index in [2.05, 4.69) is 9.88 Å². The lowest BCUT2D eigenvalue weighted by Gasteiger charge is -2.20. The molecule has 0 saturated carbocycles. The van der Waals surface area contributed by atoms with Gasteiger partial charge in [0.15, 0.2) is 0 Å². The standard InChI is InChI=1S/C13H23N3O/c1-13(2,3)11(17)6-8-15(4)10-12-14-7-9-16(12)5/h7,9H,6,8,10H2,1-5H3. The van der Waals surface area contributed by atoms with Crippen molar-refractivity contribution in [1.82, 2.24) is 14.5 Å². The third-order valence-electron chi connectivity index (χ3n) is 2.89. The van der Waals surface area contributed by atoms with Crippen LogP contribution in [0.1, 0.15) is 33.0 Å². The summed E-state index contributed by atoms with van der Waals surface area (Å²) in [6.45, 7) is 7.46. The molecule has 4 heteroatoms. The smallest absolute Gasteiger partial charge is 0.139 e. The molecule has 0 atom stereocenters. The van der Waals surface area contributed by atoms with Crippen LogP contribution in [0, 0.1) is 5.41 Å². The minimum absolute atomic E-state index is 0.232. The topological polar surface area (TPSA) is 38.1 Å². The van der Waals surface area contributed by atoms with E-state index in [1.54, 1.807) is 6.20 Å². The number of aryl methyl sites for hydroxylation is 1. The molecule has 0 aliphatic carbocycles. The number of Topliss-reactive ketones (excluding diaryl/α,β-unsaturated/α-hetero) is 1. The lowest BCUT2D eigenvalue weighted by atomic mass is 9.89. The summed E-state index contributed by atoms with van der Waals surface area (Å²) in [4.78, 5) is 18.2. The first-order valence-corrected chi connectivity index (χ1v) is 5.99. The van der Waals surface area contributed by atoms with Gasteiger partial charge in [-0.2, -0.15) is 0 Å². The average Bonchev–Trinajstić information content (AvgIpc) is 2.59. The van der Waals surface area contributed by atoms with Gasteiger partial charge in [0.1, 0.15) is 11.6 Å². The van der Waals surface area contributed by atoms with Crippen molar-refractivity contribution in [1.29, 1.82) is 0 Å². The third-order valence-corrected chi connectivity index (χ3v) is 2.89. The van der Waals surface area contributed by atoms with Crippen LogP contribution in [0.5, 0.6) is 0 Å². The summed E-state index contributed by atoms with van der Waals surface area (Å²) in [5.41, 5.74) is -0.232. The maximum atomic E-state index is 11.8. The van der Waals surface area contributed by atoms with Crippen molar-refractivity contribution in [3.63, 3.8) is 0 Å². The summed E-state index contributed by atoms with van der Waals surface area (Å²) in [6, 6.07) is 0. The number of hydrogen-bond donors (Lipinski definition) is 0. The van der Waals surface area contributed by atoms with E-state index in [4.69, 9.17) is 0 Å². The van der Waals surface area contributed by atoms with Crippen LogP contribution in [0.3, 0.4) is 0 Å². The monoisotopic (exact) mass is 237 g/mol. The van der Waals surface area contributed by atoms with E-state index < -0.39 is 0 Å². The molecular formula is C13H23N3O. The average molecular weight is 237 g/mol. The zero-order valence-corrected chi connectivity index (χ0v) is 11.5. The molecule has 0 saturated heterocycles. The molecule has 0 aliphatic rings. The molecule has 0 aliphatic heterocycles. The highest BCUT2D eigenvalue weighted by Crippen LogP contribution is 2.16. The Labute approximate surface area is 104 Å². The number of ketones is 1. The van der Waals surface area contributed by atoms with Crippen LogP contribution in [0.15, 0.2) is 12.4 Å². The maximum Gasteiger partial charge on any atom is 0.139 e. The highest BCUT2D eigenvalue weighted by Gasteiger charge is 2.20. The zero-order chi connectivity index (χ0) is 13.1. The van der Waals surface area contributed by atoms with Gasteiger partial charge in [-0.25, -0.2) is 4.98 Å². The fourth-order valence-corrected chi connectivity index (χ4v) is 1.54. The summed E-state index contributed by atoms with van der Waals surface area (Å²) < 4.78 is 2.00. The van der Waals surface area contributed by atoms with Crippen LogP contribution < -0.4 is 0 Å². The van der Waals surface area contributed by atoms with Gasteiger partial charge in [-0.1, -0.05) is 20.8 Å². The number of hydrogen-bond acceptors (Lipinski definition) is 3. The first-order valence-electron chi connectivity index (χ1n) is 5.99. The quantitative estimate of drug-likeness (QED) is 0.784. The summed E-state index contributed by atoms with van der Waals surface area (Å²) in [5, 5.41) is 0. The normalized spacial score (nSPS) is 12.1. The molecule has 1 aromatic heterocycles. The second-order valence-electron chi connectivity index (χ2n) is 5.62. The van der Waals surface area contributed by atoms with Crippen LogP contribution in [-0.2, 0) is 18.4 Å². The molecule has 17 heavy (non-hydrogen) atoms. The van der Waals surface area contributed by atoms with E-state index in [1.165, 1.54) is 0 Å². The number of nitrogens with zero attached hydrogens (tertiary/aromatic N) is 3. The Morgan fingerprint density at radius 3 is 2.59 bits per heavy atom. The Morgan fingerprint density at radius 1 is 1.47 bits per heavy atom. The predicted molar refractivity (Wildman–Crippen MR) is 68.6 cm³/mol.